The third kappa shape index (κ3) is 2.57. The molecule has 2 atom stereocenters. The summed E-state index contributed by atoms with van der Waals surface area (Å²) in [5.41, 5.74) is 1.01. The molecule has 0 radical (unpaired) electrons. The van der Waals surface area contributed by atoms with Crippen LogP contribution in [0.4, 0.5) is 0 Å². The summed E-state index contributed by atoms with van der Waals surface area (Å²) in [6.07, 6.45) is 7.56. The van der Waals surface area contributed by atoms with E-state index in [-0.39, 0.29) is 0 Å². The maximum absolute atomic E-state index is 9.21. The zero-order chi connectivity index (χ0) is 11.4. The van der Waals surface area contributed by atoms with Crippen LogP contribution in [-0.4, -0.2) is 39.7 Å². The maximum atomic E-state index is 9.21. The SMILES string of the molecule is C[C@@H](c1cnccn1)N1CCC[C@@H](CO)C1. The van der Waals surface area contributed by atoms with Crippen molar-refractivity contribution in [2.45, 2.75) is 25.8 Å². The van der Waals surface area contributed by atoms with Crippen molar-refractivity contribution in [3.05, 3.63) is 24.3 Å². The van der Waals surface area contributed by atoms with E-state index < -0.39 is 0 Å². The minimum atomic E-state index is 0.294. The number of piperidine rings is 1. The second kappa shape index (κ2) is 5.37. The second-order valence-electron chi connectivity index (χ2n) is 4.49. The molecule has 1 fully saturated rings. The summed E-state index contributed by atoms with van der Waals surface area (Å²) in [6.45, 7) is 4.51. The molecular weight excluding hydrogens is 202 g/mol. The molecule has 1 aromatic rings. The molecule has 16 heavy (non-hydrogen) atoms. The van der Waals surface area contributed by atoms with E-state index in [1.807, 2.05) is 6.20 Å². The first-order valence-electron chi connectivity index (χ1n) is 5.92. The number of hydrogen-bond acceptors (Lipinski definition) is 4. The van der Waals surface area contributed by atoms with Gasteiger partial charge in [0.1, 0.15) is 0 Å². The summed E-state index contributed by atoms with van der Waals surface area (Å²) in [4.78, 5) is 10.8. The van der Waals surface area contributed by atoms with Crippen LogP contribution in [0.1, 0.15) is 31.5 Å². The van der Waals surface area contributed by atoms with Crippen LogP contribution in [0.25, 0.3) is 0 Å². The first-order valence-corrected chi connectivity index (χ1v) is 5.92. The van der Waals surface area contributed by atoms with Gasteiger partial charge in [-0.3, -0.25) is 14.9 Å². The molecule has 0 saturated carbocycles. The van der Waals surface area contributed by atoms with Crippen LogP contribution in [-0.2, 0) is 0 Å². The molecule has 2 rings (SSSR count). The molecule has 0 amide bonds. The first kappa shape index (κ1) is 11.5. The van der Waals surface area contributed by atoms with Gasteiger partial charge >= 0.3 is 0 Å². The third-order valence-electron chi connectivity index (χ3n) is 3.37. The van der Waals surface area contributed by atoms with Gasteiger partial charge < -0.3 is 5.11 Å². The molecule has 1 N–H and O–H groups in total. The molecule has 2 heterocycles. The highest BCUT2D eigenvalue weighted by Gasteiger charge is 2.24. The average Bonchev–Trinajstić information content (AvgIpc) is 2.39. The molecule has 0 aliphatic carbocycles. The summed E-state index contributed by atoms with van der Waals surface area (Å²) >= 11 is 0. The second-order valence-corrected chi connectivity index (χ2v) is 4.49. The van der Waals surface area contributed by atoms with Gasteiger partial charge in [-0.05, 0) is 32.2 Å². The van der Waals surface area contributed by atoms with Gasteiger partial charge in [-0.2, -0.15) is 0 Å². The topological polar surface area (TPSA) is 49.2 Å². The zero-order valence-electron chi connectivity index (χ0n) is 9.71. The summed E-state index contributed by atoms with van der Waals surface area (Å²) in [5, 5.41) is 9.21. The third-order valence-corrected chi connectivity index (χ3v) is 3.37. The fourth-order valence-electron chi connectivity index (χ4n) is 2.31. The van der Waals surface area contributed by atoms with Crippen LogP contribution in [0.5, 0.6) is 0 Å². The van der Waals surface area contributed by atoms with Crippen molar-refractivity contribution in [2.24, 2.45) is 5.92 Å². The maximum Gasteiger partial charge on any atom is 0.0755 e. The van der Waals surface area contributed by atoms with Crippen molar-refractivity contribution in [3.8, 4) is 0 Å². The Morgan fingerprint density at radius 2 is 2.44 bits per heavy atom. The van der Waals surface area contributed by atoms with E-state index in [0.29, 0.717) is 18.6 Å². The van der Waals surface area contributed by atoms with Gasteiger partial charge in [0.05, 0.1) is 11.7 Å². The van der Waals surface area contributed by atoms with Crippen molar-refractivity contribution in [2.75, 3.05) is 19.7 Å². The van der Waals surface area contributed by atoms with E-state index >= 15 is 0 Å². The highest BCUT2D eigenvalue weighted by Crippen LogP contribution is 2.24. The molecule has 4 heteroatoms. The molecule has 4 nitrogen and oxygen atoms in total. The molecule has 0 spiro atoms. The number of nitrogens with zero attached hydrogens (tertiary/aromatic N) is 3. The summed E-state index contributed by atoms with van der Waals surface area (Å²) in [7, 11) is 0. The summed E-state index contributed by atoms with van der Waals surface area (Å²) in [5.74, 6) is 0.424. The molecule has 1 aliphatic rings. The smallest absolute Gasteiger partial charge is 0.0755 e. The Morgan fingerprint density at radius 1 is 1.56 bits per heavy atom. The van der Waals surface area contributed by atoms with Gasteiger partial charge in [-0.25, -0.2) is 0 Å². The average molecular weight is 221 g/mol. The van der Waals surface area contributed by atoms with Gasteiger partial charge in [0, 0.05) is 31.7 Å². The molecule has 0 unspecified atom stereocenters. The zero-order valence-corrected chi connectivity index (χ0v) is 9.71. The minimum Gasteiger partial charge on any atom is -0.396 e. The van der Waals surface area contributed by atoms with Crippen LogP contribution in [0, 0.1) is 5.92 Å². The lowest BCUT2D eigenvalue weighted by Crippen LogP contribution is -2.38. The Balaban J connectivity index is 2.01. The van der Waals surface area contributed by atoms with Gasteiger partial charge in [0.2, 0.25) is 0 Å². The fraction of sp³-hybridized carbons (Fsp3) is 0.667. The Labute approximate surface area is 96.3 Å². The van der Waals surface area contributed by atoms with E-state index in [2.05, 4.69) is 21.8 Å². The summed E-state index contributed by atoms with van der Waals surface area (Å²) in [6, 6.07) is 0.294. The number of aliphatic hydroxyl groups excluding tert-OH is 1. The Morgan fingerprint density at radius 3 is 3.12 bits per heavy atom. The van der Waals surface area contributed by atoms with Crippen molar-refractivity contribution in [1.29, 1.82) is 0 Å². The largest absolute Gasteiger partial charge is 0.396 e. The molecule has 88 valence electrons. The Kier molecular flexibility index (Phi) is 3.85. The van der Waals surface area contributed by atoms with Crippen LogP contribution < -0.4 is 0 Å². The number of rotatable bonds is 3. The van der Waals surface area contributed by atoms with Gasteiger partial charge in [-0.1, -0.05) is 0 Å². The molecule has 0 aromatic carbocycles. The molecule has 1 saturated heterocycles. The number of likely N-dealkylation sites (tertiary alicyclic amines) is 1. The van der Waals surface area contributed by atoms with E-state index in [0.717, 1.165) is 31.6 Å². The predicted molar refractivity (Wildman–Crippen MR) is 61.8 cm³/mol. The monoisotopic (exact) mass is 221 g/mol. The summed E-state index contributed by atoms with van der Waals surface area (Å²) < 4.78 is 0. The number of aliphatic hydroxyl groups is 1. The normalized spacial score (nSPS) is 24.2. The lowest BCUT2D eigenvalue weighted by Gasteiger charge is -2.35. The molecule has 1 aliphatic heterocycles. The molecular formula is C12H19N3O. The predicted octanol–water partition coefficient (Wildman–Crippen LogP) is 1.24. The van der Waals surface area contributed by atoms with Gasteiger partial charge in [-0.15, -0.1) is 0 Å². The standard InChI is InChI=1S/C12H19N3O/c1-10(12-7-13-4-5-14-12)15-6-2-3-11(8-15)9-16/h4-5,7,10-11,16H,2-3,6,8-9H2,1H3/t10-,11+/m0/s1. The van der Waals surface area contributed by atoms with E-state index in [9.17, 15) is 5.11 Å². The van der Waals surface area contributed by atoms with Gasteiger partial charge in [0.15, 0.2) is 0 Å². The Bertz CT molecular complexity index is 317. The number of hydrogen-bond donors (Lipinski definition) is 1. The molecule has 1 aromatic heterocycles. The lowest BCUT2D eigenvalue weighted by molar-refractivity contribution is 0.0920. The van der Waals surface area contributed by atoms with Crippen molar-refractivity contribution in [3.63, 3.8) is 0 Å². The van der Waals surface area contributed by atoms with E-state index in [1.54, 1.807) is 12.4 Å². The van der Waals surface area contributed by atoms with Gasteiger partial charge in [0.25, 0.3) is 0 Å². The number of aromatic nitrogens is 2. The van der Waals surface area contributed by atoms with Crippen LogP contribution in [0.3, 0.4) is 0 Å². The van der Waals surface area contributed by atoms with Crippen LogP contribution in [0.15, 0.2) is 18.6 Å². The Hall–Kier alpha value is -1.00. The van der Waals surface area contributed by atoms with Crippen molar-refractivity contribution < 1.29 is 5.11 Å². The first-order chi connectivity index (χ1) is 7.81. The highest BCUT2D eigenvalue weighted by molar-refractivity contribution is 5.01. The van der Waals surface area contributed by atoms with Crippen molar-refractivity contribution >= 4 is 0 Å². The van der Waals surface area contributed by atoms with Crippen LogP contribution >= 0.6 is 0 Å². The van der Waals surface area contributed by atoms with Crippen LogP contribution in [0.2, 0.25) is 0 Å². The molecule has 0 bridgehead atoms. The minimum absolute atomic E-state index is 0.294. The van der Waals surface area contributed by atoms with Crippen molar-refractivity contribution in [1.82, 2.24) is 14.9 Å². The van der Waals surface area contributed by atoms with E-state index in [4.69, 9.17) is 0 Å². The fourth-order valence-corrected chi connectivity index (χ4v) is 2.31. The van der Waals surface area contributed by atoms with E-state index in [1.165, 1.54) is 0 Å². The lowest BCUT2D eigenvalue weighted by atomic mass is 9.97. The highest BCUT2D eigenvalue weighted by atomic mass is 16.3. The quantitative estimate of drug-likeness (QED) is 0.834.